The first-order valence-electron chi connectivity index (χ1n) is 7.05. The van der Waals surface area contributed by atoms with Crippen molar-refractivity contribution >= 4 is 11.3 Å². The van der Waals surface area contributed by atoms with E-state index < -0.39 is 0 Å². The molecule has 0 fully saturated rings. The number of hydrogen-bond acceptors (Lipinski definition) is 5. The van der Waals surface area contributed by atoms with Gasteiger partial charge in [0.15, 0.2) is 0 Å². The minimum Gasteiger partial charge on any atom is -0.313 e. The molecule has 0 saturated heterocycles. The maximum Gasteiger partial charge on any atom is 0.135 e. The molecule has 0 radical (unpaired) electrons. The molecule has 2 rings (SSSR count). The van der Waals surface area contributed by atoms with Crippen molar-refractivity contribution in [3.63, 3.8) is 0 Å². The third kappa shape index (κ3) is 3.84. The highest BCUT2D eigenvalue weighted by atomic mass is 32.1. The van der Waals surface area contributed by atoms with Gasteiger partial charge in [-0.25, -0.2) is 15.0 Å². The Morgan fingerprint density at radius 2 is 1.80 bits per heavy atom. The summed E-state index contributed by atoms with van der Waals surface area (Å²) in [6.07, 6.45) is 1.86. The molecule has 4 nitrogen and oxygen atoms in total. The quantitative estimate of drug-likeness (QED) is 0.831. The van der Waals surface area contributed by atoms with Crippen LogP contribution in [0.1, 0.15) is 46.8 Å². The zero-order valence-corrected chi connectivity index (χ0v) is 13.5. The Morgan fingerprint density at radius 3 is 2.35 bits per heavy atom. The molecule has 5 heteroatoms. The van der Waals surface area contributed by atoms with Crippen molar-refractivity contribution in [1.82, 2.24) is 20.3 Å². The zero-order chi connectivity index (χ0) is 14.5. The molecule has 0 unspecified atom stereocenters. The lowest BCUT2D eigenvalue weighted by atomic mass is 10.1. The van der Waals surface area contributed by atoms with Gasteiger partial charge in [-0.15, -0.1) is 11.3 Å². The van der Waals surface area contributed by atoms with Crippen LogP contribution in [0, 0.1) is 20.8 Å². The summed E-state index contributed by atoms with van der Waals surface area (Å²) in [7, 11) is 0. The number of nitrogens with zero attached hydrogens (tertiary/aromatic N) is 3. The van der Waals surface area contributed by atoms with Gasteiger partial charge in [-0.1, -0.05) is 6.92 Å². The minimum absolute atomic E-state index is 0.725. The fraction of sp³-hybridized carbons (Fsp3) is 0.533. The standard InChI is InChI=1S/C15H22N4S/c1-5-6-16-8-13-11(3)18-14(19-12(13)4)7-15-17-10(2)9-20-15/h9,16H,5-8H2,1-4H3. The Kier molecular flexibility index (Phi) is 5.20. The van der Waals surface area contributed by atoms with Gasteiger partial charge in [0, 0.05) is 34.6 Å². The van der Waals surface area contributed by atoms with E-state index in [4.69, 9.17) is 0 Å². The summed E-state index contributed by atoms with van der Waals surface area (Å²) in [6, 6.07) is 0. The second-order valence-corrected chi connectivity index (χ2v) is 5.97. The van der Waals surface area contributed by atoms with E-state index in [-0.39, 0.29) is 0 Å². The van der Waals surface area contributed by atoms with E-state index in [0.717, 1.165) is 53.8 Å². The lowest BCUT2D eigenvalue weighted by Crippen LogP contribution is -2.17. The number of hydrogen-bond donors (Lipinski definition) is 1. The monoisotopic (exact) mass is 290 g/mol. The Morgan fingerprint density at radius 1 is 1.10 bits per heavy atom. The lowest BCUT2D eigenvalue weighted by molar-refractivity contribution is 0.662. The molecule has 2 aromatic rings. The molecule has 1 N–H and O–H groups in total. The van der Waals surface area contributed by atoms with Crippen LogP contribution < -0.4 is 5.32 Å². The Balaban J connectivity index is 2.12. The molecular formula is C15H22N4S. The first-order chi connectivity index (χ1) is 9.60. The molecule has 0 aliphatic heterocycles. The van der Waals surface area contributed by atoms with Gasteiger partial charge in [0.25, 0.3) is 0 Å². The summed E-state index contributed by atoms with van der Waals surface area (Å²) in [5, 5.41) is 6.56. The van der Waals surface area contributed by atoms with Crippen LogP contribution in [0.4, 0.5) is 0 Å². The van der Waals surface area contributed by atoms with Crippen molar-refractivity contribution in [2.75, 3.05) is 6.54 Å². The molecule has 0 atom stereocenters. The number of aromatic nitrogens is 3. The van der Waals surface area contributed by atoms with Crippen LogP contribution in [0.15, 0.2) is 5.38 Å². The Labute approximate surface area is 124 Å². The predicted molar refractivity (Wildman–Crippen MR) is 83.2 cm³/mol. The minimum atomic E-state index is 0.725. The first kappa shape index (κ1) is 15.1. The highest BCUT2D eigenvalue weighted by Crippen LogP contribution is 2.15. The molecule has 0 aromatic carbocycles. The van der Waals surface area contributed by atoms with Crippen LogP contribution in [0.3, 0.4) is 0 Å². The lowest BCUT2D eigenvalue weighted by Gasteiger charge is -2.11. The van der Waals surface area contributed by atoms with Crippen molar-refractivity contribution < 1.29 is 0 Å². The maximum absolute atomic E-state index is 4.63. The van der Waals surface area contributed by atoms with Gasteiger partial charge in [-0.2, -0.15) is 0 Å². The van der Waals surface area contributed by atoms with E-state index in [1.54, 1.807) is 11.3 Å². The van der Waals surface area contributed by atoms with Gasteiger partial charge in [-0.05, 0) is 33.7 Å². The second-order valence-electron chi connectivity index (χ2n) is 5.03. The molecule has 0 aliphatic carbocycles. The van der Waals surface area contributed by atoms with E-state index in [1.165, 1.54) is 5.56 Å². The van der Waals surface area contributed by atoms with Gasteiger partial charge in [0.05, 0.1) is 6.42 Å². The molecule has 0 aliphatic rings. The van der Waals surface area contributed by atoms with Crippen LogP contribution in [-0.2, 0) is 13.0 Å². The number of nitrogens with one attached hydrogen (secondary N) is 1. The fourth-order valence-corrected chi connectivity index (χ4v) is 2.92. The Bertz CT molecular complexity index is 554. The van der Waals surface area contributed by atoms with Gasteiger partial charge >= 0.3 is 0 Å². The predicted octanol–water partition coefficient (Wildman–Crippen LogP) is 2.95. The molecule has 0 spiro atoms. The fourth-order valence-electron chi connectivity index (χ4n) is 2.15. The van der Waals surface area contributed by atoms with Gasteiger partial charge in [0.2, 0.25) is 0 Å². The summed E-state index contributed by atoms with van der Waals surface area (Å²) < 4.78 is 0. The van der Waals surface area contributed by atoms with Crippen molar-refractivity contribution in [3.8, 4) is 0 Å². The molecule has 2 heterocycles. The number of thiazole rings is 1. The molecule has 2 aromatic heterocycles. The normalized spacial score (nSPS) is 11.0. The summed E-state index contributed by atoms with van der Waals surface area (Å²) in [4.78, 5) is 13.7. The van der Waals surface area contributed by atoms with Crippen LogP contribution in [-0.4, -0.2) is 21.5 Å². The van der Waals surface area contributed by atoms with E-state index >= 15 is 0 Å². The average molecular weight is 290 g/mol. The second kappa shape index (κ2) is 6.90. The summed E-state index contributed by atoms with van der Waals surface area (Å²) in [5.74, 6) is 0.869. The molecule has 0 saturated carbocycles. The third-order valence-electron chi connectivity index (χ3n) is 3.17. The third-order valence-corrected chi connectivity index (χ3v) is 4.14. The first-order valence-corrected chi connectivity index (χ1v) is 7.92. The van der Waals surface area contributed by atoms with Gasteiger partial charge in [-0.3, -0.25) is 0 Å². The van der Waals surface area contributed by atoms with E-state index in [1.807, 2.05) is 6.92 Å². The van der Waals surface area contributed by atoms with Crippen LogP contribution >= 0.6 is 11.3 Å². The van der Waals surface area contributed by atoms with Crippen molar-refractivity contribution in [1.29, 1.82) is 0 Å². The Hall–Kier alpha value is -1.33. The smallest absolute Gasteiger partial charge is 0.135 e. The van der Waals surface area contributed by atoms with Crippen molar-refractivity contribution in [3.05, 3.63) is 38.9 Å². The summed E-state index contributed by atoms with van der Waals surface area (Å²) >= 11 is 1.67. The summed E-state index contributed by atoms with van der Waals surface area (Å²) in [5.41, 5.74) is 4.44. The number of aryl methyl sites for hydroxylation is 3. The van der Waals surface area contributed by atoms with E-state index in [9.17, 15) is 0 Å². The van der Waals surface area contributed by atoms with Crippen LogP contribution in [0.2, 0.25) is 0 Å². The van der Waals surface area contributed by atoms with E-state index in [2.05, 4.69) is 46.4 Å². The molecule has 108 valence electrons. The molecule has 0 amide bonds. The SMILES string of the molecule is CCCNCc1c(C)nc(Cc2nc(C)cs2)nc1C. The largest absolute Gasteiger partial charge is 0.313 e. The highest BCUT2D eigenvalue weighted by Gasteiger charge is 2.10. The van der Waals surface area contributed by atoms with Gasteiger partial charge < -0.3 is 5.32 Å². The van der Waals surface area contributed by atoms with Gasteiger partial charge in [0.1, 0.15) is 10.8 Å². The maximum atomic E-state index is 4.63. The van der Waals surface area contributed by atoms with Crippen molar-refractivity contribution in [2.24, 2.45) is 0 Å². The highest BCUT2D eigenvalue weighted by molar-refractivity contribution is 7.09. The van der Waals surface area contributed by atoms with Crippen LogP contribution in [0.25, 0.3) is 0 Å². The molecular weight excluding hydrogens is 268 g/mol. The number of rotatable bonds is 6. The molecule has 20 heavy (non-hydrogen) atoms. The summed E-state index contributed by atoms with van der Waals surface area (Å²) in [6.45, 7) is 10.2. The average Bonchev–Trinajstić information content (AvgIpc) is 2.78. The zero-order valence-electron chi connectivity index (χ0n) is 12.7. The topological polar surface area (TPSA) is 50.7 Å². The van der Waals surface area contributed by atoms with E-state index in [0.29, 0.717) is 0 Å². The van der Waals surface area contributed by atoms with Crippen LogP contribution in [0.5, 0.6) is 0 Å². The molecule has 0 bridgehead atoms. The van der Waals surface area contributed by atoms with Crippen molar-refractivity contribution in [2.45, 2.75) is 47.1 Å².